The normalized spacial score (nSPS) is 15.8. The number of hydrogen-bond acceptors (Lipinski definition) is 7. The minimum atomic E-state index is -0.359. The van der Waals surface area contributed by atoms with E-state index < -0.39 is 0 Å². The fourth-order valence-electron chi connectivity index (χ4n) is 3.95. The summed E-state index contributed by atoms with van der Waals surface area (Å²) in [6.07, 6.45) is 4.48. The summed E-state index contributed by atoms with van der Waals surface area (Å²) in [5, 5.41) is 9.61. The largest absolute Gasteiger partial charge is 0.493 e. The highest BCUT2D eigenvalue weighted by molar-refractivity contribution is 5.95. The van der Waals surface area contributed by atoms with Gasteiger partial charge in [-0.1, -0.05) is 27.7 Å². The van der Waals surface area contributed by atoms with Crippen molar-refractivity contribution >= 4 is 17.8 Å². The molecule has 0 radical (unpaired) electrons. The summed E-state index contributed by atoms with van der Waals surface area (Å²) in [6, 6.07) is 10.8. The van der Waals surface area contributed by atoms with Crippen molar-refractivity contribution in [1.29, 1.82) is 0 Å². The maximum atomic E-state index is 13.3. The van der Waals surface area contributed by atoms with E-state index >= 15 is 0 Å². The van der Waals surface area contributed by atoms with Crippen molar-refractivity contribution in [1.82, 2.24) is 5.01 Å². The molecule has 202 valence electrons. The lowest BCUT2D eigenvalue weighted by atomic mass is 10.0. The van der Waals surface area contributed by atoms with Gasteiger partial charge in [0.05, 0.1) is 33.6 Å². The first kappa shape index (κ1) is 28.2. The fourth-order valence-corrected chi connectivity index (χ4v) is 3.95. The van der Waals surface area contributed by atoms with Crippen molar-refractivity contribution < 1.29 is 23.7 Å². The number of carbonyl (C=O) groups excluding carboxylic acids is 1. The number of anilines is 1. The lowest BCUT2D eigenvalue weighted by Crippen LogP contribution is -2.44. The van der Waals surface area contributed by atoms with Crippen LogP contribution in [-0.4, -0.2) is 57.2 Å². The van der Waals surface area contributed by atoms with Crippen molar-refractivity contribution in [3.05, 3.63) is 42.0 Å². The van der Waals surface area contributed by atoms with E-state index in [2.05, 4.69) is 38.1 Å². The third-order valence-corrected chi connectivity index (χ3v) is 5.90. The number of ether oxygens (including phenoxy) is 4. The predicted octanol–water partition coefficient (Wildman–Crippen LogP) is 5.60. The molecular formula is C29H41N3O5. The van der Waals surface area contributed by atoms with E-state index in [4.69, 9.17) is 18.9 Å². The second-order valence-electron chi connectivity index (χ2n) is 10.1. The van der Waals surface area contributed by atoms with Crippen LogP contribution in [0, 0.1) is 11.8 Å². The van der Waals surface area contributed by atoms with Crippen LogP contribution in [-0.2, 0) is 4.79 Å². The van der Waals surface area contributed by atoms with Crippen molar-refractivity contribution in [2.75, 3.05) is 39.3 Å². The molecule has 37 heavy (non-hydrogen) atoms. The average molecular weight is 512 g/mol. The van der Waals surface area contributed by atoms with Gasteiger partial charge < -0.3 is 24.3 Å². The number of hydrazone groups is 1. The number of piperidine rings is 1. The highest BCUT2D eigenvalue weighted by atomic mass is 16.5. The highest BCUT2D eigenvalue weighted by Gasteiger charge is 2.28. The molecule has 0 aromatic heterocycles. The quantitative estimate of drug-likeness (QED) is 0.374. The molecule has 1 aliphatic rings. The Kier molecular flexibility index (Phi) is 10.5. The second-order valence-corrected chi connectivity index (χ2v) is 10.1. The Morgan fingerprint density at radius 1 is 0.946 bits per heavy atom. The van der Waals surface area contributed by atoms with Gasteiger partial charge in [-0.2, -0.15) is 5.10 Å². The molecule has 1 atom stereocenters. The Morgan fingerprint density at radius 3 is 2.19 bits per heavy atom. The monoisotopic (exact) mass is 511 g/mol. The standard InChI is InChI=1S/C29H41N3O5/c1-20(2)18-36-27-15-22(10-12-25(27)34-5)17-30-32-14-8-7-9-24(32)29(33)31-23-11-13-26(35-6)28(16-23)37-19-21(3)4/h10-13,15-17,20-21,24H,7-9,14,18-19H2,1-6H3,(H,31,33). The molecule has 1 heterocycles. The van der Waals surface area contributed by atoms with Crippen LogP contribution in [0.4, 0.5) is 5.69 Å². The molecule has 0 saturated carbocycles. The fraction of sp³-hybridized carbons (Fsp3) is 0.517. The summed E-state index contributed by atoms with van der Waals surface area (Å²) >= 11 is 0. The first-order valence-electron chi connectivity index (χ1n) is 13.0. The summed E-state index contributed by atoms with van der Waals surface area (Å²) in [5.74, 6) is 3.31. The summed E-state index contributed by atoms with van der Waals surface area (Å²) in [7, 11) is 3.24. The van der Waals surface area contributed by atoms with Crippen LogP contribution < -0.4 is 24.3 Å². The molecule has 1 aliphatic heterocycles. The van der Waals surface area contributed by atoms with Gasteiger partial charge in [0.1, 0.15) is 6.04 Å². The van der Waals surface area contributed by atoms with Crippen LogP contribution in [0.2, 0.25) is 0 Å². The van der Waals surface area contributed by atoms with E-state index in [1.54, 1.807) is 20.4 Å². The van der Waals surface area contributed by atoms with E-state index in [0.717, 1.165) is 24.8 Å². The SMILES string of the molecule is COc1ccc(C=NN2CCCCC2C(=O)Nc2ccc(OC)c(OCC(C)C)c2)cc1OCC(C)C. The van der Waals surface area contributed by atoms with Crippen LogP contribution in [0.3, 0.4) is 0 Å². The minimum absolute atomic E-state index is 0.0903. The second kappa shape index (κ2) is 13.8. The molecule has 0 aliphatic carbocycles. The van der Waals surface area contributed by atoms with Crippen LogP contribution in [0.1, 0.15) is 52.5 Å². The Labute approximate surface area is 220 Å². The smallest absolute Gasteiger partial charge is 0.248 e. The molecule has 8 nitrogen and oxygen atoms in total. The van der Waals surface area contributed by atoms with Gasteiger partial charge in [-0.25, -0.2) is 0 Å². The van der Waals surface area contributed by atoms with Crippen LogP contribution in [0.15, 0.2) is 41.5 Å². The van der Waals surface area contributed by atoms with Gasteiger partial charge in [0, 0.05) is 18.3 Å². The van der Waals surface area contributed by atoms with Gasteiger partial charge >= 0.3 is 0 Å². The van der Waals surface area contributed by atoms with E-state index in [1.807, 2.05) is 41.4 Å². The number of nitrogens with zero attached hydrogens (tertiary/aromatic N) is 2. The number of benzene rings is 2. The van der Waals surface area contributed by atoms with Gasteiger partial charge in [0.15, 0.2) is 23.0 Å². The zero-order chi connectivity index (χ0) is 26.8. The van der Waals surface area contributed by atoms with Crippen LogP contribution >= 0.6 is 0 Å². The molecule has 3 rings (SSSR count). The predicted molar refractivity (Wildman–Crippen MR) is 147 cm³/mol. The summed E-state index contributed by atoms with van der Waals surface area (Å²) < 4.78 is 22.7. The van der Waals surface area contributed by atoms with Gasteiger partial charge in [-0.05, 0) is 67.0 Å². The van der Waals surface area contributed by atoms with Crippen LogP contribution in [0.5, 0.6) is 23.0 Å². The first-order chi connectivity index (χ1) is 17.8. The molecule has 8 heteroatoms. The molecule has 2 aromatic rings. The lowest BCUT2D eigenvalue weighted by molar-refractivity contribution is -0.122. The number of rotatable bonds is 12. The zero-order valence-corrected chi connectivity index (χ0v) is 23.0. The van der Waals surface area contributed by atoms with E-state index in [1.165, 1.54) is 0 Å². The van der Waals surface area contributed by atoms with Crippen molar-refractivity contribution in [3.8, 4) is 23.0 Å². The van der Waals surface area contributed by atoms with Gasteiger partial charge in [-0.15, -0.1) is 0 Å². The highest BCUT2D eigenvalue weighted by Crippen LogP contribution is 2.31. The Bertz CT molecular complexity index is 1050. The molecule has 1 fully saturated rings. The molecule has 0 bridgehead atoms. The summed E-state index contributed by atoms with van der Waals surface area (Å²) in [4.78, 5) is 13.3. The molecule has 1 saturated heterocycles. The van der Waals surface area contributed by atoms with Gasteiger partial charge in [0.25, 0.3) is 0 Å². The molecule has 1 amide bonds. The topological polar surface area (TPSA) is 81.6 Å². The Hall–Kier alpha value is -3.42. The van der Waals surface area contributed by atoms with Gasteiger partial charge in [0.2, 0.25) is 5.91 Å². The van der Waals surface area contributed by atoms with Crippen molar-refractivity contribution in [2.24, 2.45) is 16.9 Å². The molecule has 2 aromatic carbocycles. The number of methoxy groups -OCH3 is 2. The lowest BCUT2D eigenvalue weighted by Gasteiger charge is -2.32. The number of carbonyl (C=O) groups is 1. The van der Waals surface area contributed by atoms with E-state index in [-0.39, 0.29) is 11.9 Å². The van der Waals surface area contributed by atoms with Crippen molar-refractivity contribution in [3.63, 3.8) is 0 Å². The number of nitrogens with one attached hydrogen (secondary N) is 1. The molecule has 0 spiro atoms. The van der Waals surface area contributed by atoms with E-state index in [9.17, 15) is 4.79 Å². The summed E-state index contributed by atoms with van der Waals surface area (Å²) in [5.41, 5.74) is 1.55. The maximum absolute atomic E-state index is 13.3. The third-order valence-electron chi connectivity index (χ3n) is 5.90. The zero-order valence-electron chi connectivity index (χ0n) is 23.0. The molecule has 1 N–H and O–H groups in total. The van der Waals surface area contributed by atoms with Gasteiger partial charge in [-0.3, -0.25) is 9.80 Å². The van der Waals surface area contributed by atoms with Crippen LogP contribution in [0.25, 0.3) is 0 Å². The van der Waals surface area contributed by atoms with E-state index in [0.29, 0.717) is 60.3 Å². The Morgan fingerprint density at radius 2 is 1.57 bits per heavy atom. The minimum Gasteiger partial charge on any atom is -0.493 e. The first-order valence-corrected chi connectivity index (χ1v) is 13.0. The number of hydrogen-bond donors (Lipinski definition) is 1. The number of amides is 1. The third kappa shape index (κ3) is 8.30. The summed E-state index contributed by atoms with van der Waals surface area (Å²) in [6.45, 7) is 10.3. The molecule has 1 unspecified atom stereocenters. The average Bonchev–Trinajstić information content (AvgIpc) is 2.89. The van der Waals surface area contributed by atoms with Crippen molar-refractivity contribution in [2.45, 2.75) is 53.0 Å². The Balaban J connectivity index is 1.72. The molecular weight excluding hydrogens is 470 g/mol. The maximum Gasteiger partial charge on any atom is 0.248 e.